The second-order valence-corrected chi connectivity index (χ2v) is 11.1. The number of hydrogen-bond acceptors (Lipinski definition) is 6. The van der Waals surface area contributed by atoms with E-state index in [1.807, 2.05) is 24.1 Å². The third-order valence-electron chi connectivity index (χ3n) is 8.96. The second-order valence-electron chi connectivity index (χ2n) is 11.1. The number of piperidine rings is 1. The number of urea groups is 1. The Morgan fingerprint density at radius 1 is 0.951 bits per heavy atom. The Labute approximate surface area is 243 Å². The van der Waals surface area contributed by atoms with Gasteiger partial charge in [-0.2, -0.15) is 0 Å². The maximum Gasteiger partial charge on any atom is 0.325 e. The molecular formula is C32H44N3O6+. The van der Waals surface area contributed by atoms with Crippen LogP contribution in [0.15, 0.2) is 42.1 Å². The summed E-state index contributed by atoms with van der Waals surface area (Å²) < 4.78 is 26.7. The number of aliphatic hydroxyl groups is 1. The van der Waals surface area contributed by atoms with Crippen LogP contribution in [0, 0.1) is 0 Å². The molecule has 2 aromatic rings. The molecule has 1 spiro atoms. The highest BCUT2D eigenvalue weighted by Crippen LogP contribution is 2.49. The van der Waals surface area contributed by atoms with E-state index in [1.54, 1.807) is 28.4 Å². The van der Waals surface area contributed by atoms with Gasteiger partial charge < -0.3 is 28.6 Å². The van der Waals surface area contributed by atoms with Crippen LogP contribution >= 0.6 is 0 Å². The van der Waals surface area contributed by atoms with Crippen LogP contribution in [0.2, 0.25) is 0 Å². The lowest BCUT2D eigenvalue weighted by Gasteiger charge is -2.44. The van der Waals surface area contributed by atoms with Crippen LogP contribution in [0.1, 0.15) is 48.8 Å². The first-order chi connectivity index (χ1) is 19.9. The van der Waals surface area contributed by atoms with Gasteiger partial charge in [-0.1, -0.05) is 13.0 Å². The van der Waals surface area contributed by atoms with Crippen molar-refractivity contribution >= 4 is 6.03 Å². The summed E-state index contributed by atoms with van der Waals surface area (Å²) in [6.45, 7) is 6.32. The monoisotopic (exact) mass is 566 g/mol. The fourth-order valence-corrected chi connectivity index (χ4v) is 6.83. The largest absolute Gasteiger partial charge is 0.584 e. The van der Waals surface area contributed by atoms with Crippen molar-refractivity contribution in [3.8, 4) is 23.0 Å². The lowest BCUT2D eigenvalue weighted by molar-refractivity contribution is 0.0668. The lowest BCUT2D eigenvalue weighted by atomic mass is 9.81. The van der Waals surface area contributed by atoms with E-state index < -0.39 is 0 Å². The zero-order valence-corrected chi connectivity index (χ0v) is 25.2. The zero-order valence-electron chi connectivity index (χ0n) is 25.2. The van der Waals surface area contributed by atoms with Gasteiger partial charge in [0, 0.05) is 51.0 Å². The Morgan fingerprint density at radius 3 is 2.20 bits per heavy atom. The molecule has 0 aromatic heterocycles. The van der Waals surface area contributed by atoms with E-state index in [9.17, 15) is 4.79 Å². The molecule has 0 bridgehead atoms. The molecule has 0 saturated carbocycles. The first-order valence-corrected chi connectivity index (χ1v) is 14.5. The molecule has 222 valence electrons. The number of carbonyl (C=O) groups is 1. The minimum atomic E-state index is -0.374. The van der Waals surface area contributed by atoms with Crippen LogP contribution in [0.5, 0.6) is 23.0 Å². The van der Waals surface area contributed by atoms with Crippen molar-refractivity contribution in [2.75, 3.05) is 61.8 Å². The van der Waals surface area contributed by atoms with Crippen molar-refractivity contribution in [1.82, 2.24) is 14.7 Å². The fourth-order valence-electron chi connectivity index (χ4n) is 6.83. The van der Waals surface area contributed by atoms with Crippen molar-refractivity contribution in [3.63, 3.8) is 0 Å². The Kier molecular flexibility index (Phi) is 8.66. The standard InChI is InChI=1S/C32H43N3O6/c1-7-23-17-29-32(8-10-33(11-9-32)20-22-14-25(38-3)18-26(15-22)39-4)35(12-13-37-2)31(36)34(29)21-24-16-27(40-5)19-28(41-6)30(23)24/h14-19,23H,7-13,20-21H2,1-6H3/p+1. The van der Waals surface area contributed by atoms with Crippen molar-refractivity contribution < 1.29 is 28.5 Å². The topological polar surface area (TPSA) is 76.5 Å². The van der Waals surface area contributed by atoms with Gasteiger partial charge in [0.15, 0.2) is 7.11 Å². The Bertz CT molecular complexity index is 1260. The summed E-state index contributed by atoms with van der Waals surface area (Å²) in [5.41, 5.74) is 4.21. The van der Waals surface area contributed by atoms with Crippen molar-refractivity contribution in [3.05, 3.63) is 58.8 Å². The first kappa shape index (κ1) is 29.1. The number of ether oxygens (including phenoxy) is 5. The number of likely N-dealkylation sites (tertiary alicyclic amines) is 1. The van der Waals surface area contributed by atoms with Crippen molar-refractivity contribution in [1.29, 1.82) is 0 Å². The highest BCUT2D eigenvalue weighted by molar-refractivity contribution is 5.83. The Morgan fingerprint density at radius 2 is 1.61 bits per heavy atom. The number of aromatic hydroxyl groups is 1. The number of hydrogen-bond donors (Lipinski definition) is 0. The molecule has 3 aliphatic heterocycles. The molecule has 3 heterocycles. The van der Waals surface area contributed by atoms with Crippen molar-refractivity contribution in [2.45, 2.75) is 50.7 Å². The molecule has 1 N–H and O–H groups in total. The smallest absolute Gasteiger partial charge is 0.325 e. The zero-order chi connectivity index (χ0) is 29.1. The predicted octanol–water partition coefficient (Wildman–Crippen LogP) is 4.89. The van der Waals surface area contributed by atoms with Crippen LogP contribution in [0.25, 0.3) is 0 Å². The van der Waals surface area contributed by atoms with E-state index in [2.05, 4.69) is 45.7 Å². The summed E-state index contributed by atoms with van der Waals surface area (Å²) in [5, 5.41) is 0. The van der Waals surface area contributed by atoms with Gasteiger partial charge in [0.05, 0.1) is 51.6 Å². The number of rotatable bonds is 10. The van der Waals surface area contributed by atoms with Gasteiger partial charge in [-0.3, -0.25) is 9.80 Å². The Balaban J connectivity index is 1.48. The van der Waals surface area contributed by atoms with E-state index >= 15 is 0 Å². The molecular weight excluding hydrogens is 522 g/mol. The normalized spacial score (nSPS) is 19.9. The lowest BCUT2D eigenvalue weighted by Crippen LogP contribution is -2.54. The number of amides is 2. The quantitative estimate of drug-likeness (QED) is 0.381. The number of benzene rings is 2. The molecule has 9 heteroatoms. The first-order valence-electron chi connectivity index (χ1n) is 14.5. The maximum atomic E-state index is 14.2. The number of methoxy groups -OCH3 is 4. The van der Waals surface area contributed by atoms with Gasteiger partial charge in [-0.05, 0) is 48.6 Å². The molecule has 0 radical (unpaired) electrons. The highest BCUT2D eigenvalue weighted by atomic mass is 16.5. The number of nitrogens with zero attached hydrogens (tertiary/aromatic N) is 3. The van der Waals surface area contributed by atoms with E-state index in [0.29, 0.717) is 19.7 Å². The molecule has 1 unspecified atom stereocenters. The molecule has 1 atom stereocenters. The highest BCUT2D eigenvalue weighted by Gasteiger charge is 2.55. The van der Waals surface area contributed by atoms with E-state index in [1.165, 1.54) is 5.56 Å². The number of allylic oxidation sites excluding steroid dienone is 1. The Hall–Kier alpha value is -3.43. The number of carbonyl (C=O) groups excluding carboxylic acids is 1. The van der Waals surface area contributed by atoms with Crippen LogP contribution < -0.4 is 14.2 Å². The minimum Gasteiger partial charge on any atom is -0.584 e. The fraction of sp³-hybridized carbons (Fsp3) is 0.531. The molecule has 2 saturated heterocycles. The van der Waals surface area contributed by atoms with Crippen LogP contribution in [0.3, 0.4) is 0 Å². The second kappa shape index (κ2) is 12.2. The molecule has 3 aliphatic rings. The van der Waals surface area contributed by atoms with Gasteiger partial charge >= 0.3 is 6.03 Å². The third-order valence-corrected chi connectivity index (χ3v) is 8.96. The molecule has 5 rings (SSSR count). The van der Waals surface area contributed by atoms with Gasteiger partial charge in [0.1, 0.15) is 17.2 Å². The molecule has 0 aliphatic carbocycles. The summed E-state index contributed by atoms with van der Waals surface area (Å²) in [5.74, 6) is 3.44. The summed E-state index contributed by atoms with van der Waals surface area (Å²) in [4.78, 5) is 20.7. The maximum absolute atomic E-state index is 14.2. The van der Waals surface area contributed by atoms with Gasteiger partial charge in [-0.25, -0.2) is 4.79 Å². The molecule has 2 aromatic carbocycles. The minimum absolute atomic E-state index is 0.0554. The van der Waals surface area contributed by atoms with Crippen LogP contribution in [0.4, 0.5) is 4.79 Å². The summed E-state index contributed by atoms with van der Waals surface area (Å²) in [6, 6.07) is 10.2. The average molecular weight is 567 g/mol. The van der Waals surface area contributed by atoms with E-state index in [0.717, 1.165) is 78.7 Å². The van der Waals surface area contributed by atoms with Gasteiger partial charge in [0.25, 0.3) is 5.75 Å². The van der Waals surface area contributed by atoms with Gasteiger partial charge in [-0.15, -0.1) is 0 Å². The van der Waals surface area contributed by atoms with E-state index in [4.69, 9.17) is 18.9 Å². The van der Waals surface area contributed by atoms with Crippen LogP contribution in [-0.2, 0) is 17.8 Å². The van der Waals surface area contributed by atoms with Crippen LogP contribution in [-0.4, -0.2) is 92.8 Å². The third kappa shape index (κ3) is 5.33. The van der Waals surface area contributed by atoms with E-state index in [-0.39, 0.29) is 17.5 Å². The molecule has 2 amide bonds. The molecule has 41 heavy (non-hydrogen) atoms. The summed E-state index contributed by atoms with van der Waals surface area (Å²) in [7, 11) is 8.55. The SMILES string of the molecule is CCC1C=C2N(Cc3cc(OC)cc([OH+]C)c31)C(=O)N(CCOC)C21CCN(Cc2cc(OC)cc(OC)c2)CC1. The summed E-state index contributed by atoms with van der Waals surface area (Å²) in [6.07, 6.45) is 4.99. The van der Waals surface area contributed by atoms with Crippen molar-refractivity contribution in [2.24, 2.45) is 0 Å². The van der Waals surface area contributed by atoms with Gasteiger partial charge in [0.2, 0.25) is 0 Å². The molecule has 2 fully saturated rings. The average Bonchev–Trinajstić information content (AvgIpc) is 3.11. The number of fused-ring (bicyclic) bond motifs is 3. The predicted molar refractivity (Wildman–Crippen MR) is 158 cm³/mol. The molecule has 9 nitrogen and oxygen atoms in total. The summed E-state index contributed by atoms with van der Waals surface area (Å²) >= 11 is 0.